The molecule has 0 spiro atoms. The van der Waals surface area contributed by atoms with Crippen molar-refractivity contribution in [2.75, 3.05) is 0 Å². The summed E-state index contributed by atoms with van der Waals surface area (Å²) in [7, 11) is 1.26. The quantitative estimate of drug-likeness (QED) is 0.454. The lowest BCUT2D eigenvalue weighted by Gasteiger charge is -2.37. The Morgan fingerprint density at radius 2 is 1.79 bits per heavy atom. The van der Waals surface area contributed by atoms with Gasteiger partial charge in [-0.25, -0.2) is 9.18 Å². The summed E-state index contributed by atoms with van der Waals surface area (Å²) in [5.41, 5.74) is -4.86. The van der Waals surface area contributed by atoms with E-state index in [1.807, 2.05) is 0 Å². The number of carbonyl (C=O) groups is 1. The third-order valence-electron chi connectivity index (χ3n) is 5.43. The fourth-order valence-corrected chi connectivity index (χ4v) is 3.80. The van der Waals surface area contributed by atoms with Crippen molar-refractivity contribution < 1.29 is 37.3 Å². The van der Waals surface area contributed by atoms with Crippen molar-refractivity contribution in [1.29, 1.82) is 0 Å². The number of ether oxygens (including phenoxy) is 1. The van der Waals surface area contributed by atoms with Crippen molar-refractivity contribution in [3.05, 3.63) is 92.6 Å². The van der Waals surface area contributed by atoms with Gasteiger partial charge in [0.05, 0.1) is 5.56 Å². The van der Waals surface area contributed by atoms with E-state index in [0.717, 1.165) is 54.1 Å². The Hall–Kier alpha value is -3.37. The highest BCUT2D eigenvalue weighted by molar-refractivity contribution is 6.31. The Morgan fingerprint density at radius 1 is 1.12 bits per heavy atom. The van der Waals surface area contributed by atoms with E-state index in [9.17, 15) is 32.3 Å². The predicted molar refractivity (Wildman–Crippen MR) is 115 cm³/mol. The number of halogens is 5. The van der Waals surface area contributed by atoms with Gasteiger partial charge in [-0.2, -0.15) is 13.2 Å². The van der Waals surface area contributed by atoms with Gasteiger partial charge in [0.2, 0.25) is 5.56 Å². The third-order valence-corrected chi connectivity index (χ3v) is 5.76. The van der Waals surface area contributed by atoms with E-state index in [4.69, 9.17) is 21.4 Å². The van der Waals surface area contributed by atoms with Gasteiger partial charge in [0.25, 0.3) is 0 Å². The number of aliphatic hydroxyl groups is 1. The summed E-state index contributed by atoms with van der Waals surface area (Å²) in [5, 5.41) is 19.6. The zero-order chi connectivity index (χ0) is 25.4. The number of nitrogens with zero attached hydrogens (tertiary/aromatic N) is 1. The first-order valence-corrected chi connectivity index (χ1v) is 10.1. The number of hydrogen-bond donors (Lipinski definition) is 2. The van der Waals surface area contributed by atoms with Crippen molar-refractivity contribution in [2.24, 2.45) is 7.05 Å². The van der Waals surface area contributed by atoms with Gasteiger partial charge in [0, 0.05) is 35.8 Å². The predicted octanol–water partition coefficient (Wildman–Crippen LogP) is 5.22. The second-order valence-electron chi connectivity index (χ2n) is 7.59. The van der Waals surface area contributed by atoms with Gasteiger partial charge in [0.15, 0.2) is 17.2 Å². The molecule has 34 heavy (non-hydrogen) atoms. The first-order valence-electron chi connectivity index (χ1n) is 9.72. The molecule has 0 saturated heterocycles. The summed E-state index contributed by atoms with van der Waals surface area (Å²) in [4.78, 5) is 22.5. The van der Waals surface area contributed by atoms with Crippen LogP contribution in [0.3, 0.4) is 0 Å². The van der Waals surface area contributed by atoms with E-state index in [0.29, 0.717) is 0 Å². The standard InChI is InChI=1S/C23H18ClF4NO5/c1-12(22(33,23(26,27)28)14-4-8-20(30)29(2)11-14)16-6-5-15(10-17(16)24)34-19-7-3-13(21(31)32)9-18(19)25/h3-12,33H,1-2H3,(H,31,32). The van der Waals surface area contributed by atoms with Gasteiger partial charge < -0.3 is 19.5 Å². The van der Waals surface area contributed by atoms with Gasteiger partial charge in [0.1, 0.15) is 5.75 Å². The molecule has 0 aliphatic rings. The SMILES string of the molecule is CC(c1ccc(Oc2ccc(C(=O)O)cc2F)cc1Cl)C(O)(c1ccc(=O)n(C)c1)C(F)(F)F. The molecule has 2 atom stereocenters. The van der Waals surface area contributed by atoms with Crippen molar-refractivity contribution in [2.45, 2.75) is 24.6 Å². The molecule has 0 bridgehead atoms. The number of alkyl halides is 3. The molecule has 2 N–H and O–H groups in total. The number of pyridine rings is 1. The molecule has 11 heteroatoms. The molecular weight excluding hydrogens is 482 g/mol. The summed E-state index contributed by atoms with van der Waals surface area (Å²) in [6.07, 6.45) is -4.22. The lowest BCUT2D eigenvalue weighted by atomic mass is 9.78. The zero-order valence-corrected chi connectivity index (χ0v) is 18.5. The number of aromatic carboxylic acids is 1. The van der Waals surface area contributed by atoms with Gasteiger partial charge in [-0.15, -0.1) is 0 Å². The van der Waals surface area contributed by atoms with E-state index in [1.54, 1.807) is 0 Å². The summed E-state index contributed by atoms with van der Waals surface area (Å²) in [6.45, 7) is 1.13. The van der Waals surface area contributed by atoms with Crippen LogP contribution in [0.15, 0.2) is 59.5 Å². The van der Waals surface area contributed by atoms with Crippen molar-refractivity contribution >= 4 is 17.6 Å². The normalized spacial score (nSPS) is 14.4. The molecule has 1 aromatic heterocycles. The van der Waals surface area contributed by atoms with E-state index in [1.165, 1.54) is 19.2 Å². The van der Waals surface area contributed by atoms with Gasteiger partial charge in [-0.3, -0.25) is 4.79 Å². The summed E-state index contributed by atoms with van der Waals surface area (Å²) < 4.78 is 62.7. The smallest absolute Gasteiger partial charge is 0.422 e. The molecule has 2 aromatic carbocycles. The highest BCUT2D eigenvalue weighted by atomic mass is 35.5. The lowest BCUT2D eigenvalue weighted by Crippen LogP contribution is -2.47. The van der Waals surface area contributed by atoms with Crippen LogP contribution in [0.5, 0.6) is 11.5 Å². The number of carboxylic acid groups (broad SMARTS) is 1. The Morgan fingerprint density at radius 3 is 2.32 bits per heavy atom. The maximum absolute atomic E-state index is 14.1. The second-order valence-corrected chi connectivity index (χ2v) is 8.00. The number of hydrogen-bond acceptors (Lipinski definition) is 4. The van der Waals surface area contributed by atoms with Crippen LogP contribution in [-0.2, 0) is 12.6 Å². The van der Waals surface area contributed by atoms with Crippen LogP contribution >= 0.6 is 11.6 Å². The Labute approximate surface area is 195 Å². The fourth-order valence-electron chi connectivity index (χ4n) is 3.47. The Balaban J connectivity index is 1.98. The number of aromatic nitrogens is 1. The molecule has 2 unspecified atom stereocenters. The number of benzene rings is 2. The average molecular weight is 500 g/mol. The number of aryl methyl sites for hydroxylation is 1. The van der Waals surface area contributed by atoms with Crippen LogP contribution in [0, 0.1) is 5.82 Å². The molecule has 3 rings (SSSR count). The molecule has 0 radical (unpaired) electrons. The van der Waals surface area contributed by atoms with Crippen LogP contribution in [0.1, 0.15) is 34.3 Å². The largest absolute Gasteiger partial charge is 0.478 e. The van der Waals surface area contributed by atoms with Crippen LogP contribution < -0.4 is 10.3 Å². The molecule has 0 aliphatic heterocycles. The molecular formula is C23H18ClF4NO5. The Kier molecular flexibility index (Phi) is 6.77. The van der Waals surface area contributed by atoms with Crippen LogP contribution in [0.2, 0.25) is 5.02 Å². The summed E-state index contributed by atoms with van der Waals surface area (Å²) in [6, 6.07) is 8.37. The molecule has 6 nitrogen and oxygen atoms in total. The second kappa shape index (κ2) is 9.11. The fraction of sp³-hybridized carbons (Fsp3) is 0.217. The maximum Gasteiger partial charge on any atom is 0.422 e. The van der Waals surface area contributed by atoms with Gasteiger partial charge in [-0.05, 0) is 42.0 Å². The van der Waals surface area contributed by atoms with E-state index in [2.05, 4.69) is 0 Å². The minimum atomic E-state index is -5.13. The van der Waals surface area contributed by atoms with Gasteiger partial charge in [-0.1, -0.05) is 24.6 Å². The first-order chi connectivity index (χ1) is 15.8. The molecule has 0 fully saturated rings. The molecule has 0 saturated carbocycles. The maximum atomic E-state index is 14.1. The van der Waals surface area contributed by atoms with Crippen molar-refractivity contribution in [3.63, 3.8) is 0 Å². The van der Waals surface area contributed by atoms with E-state index >= 15 is 0 Å². The van der Waals surface area contributed by atoms with E-state index in [-0.39, 0.29) is 27.6 Å². The molecule has 1 heterocycles. The zero-order valence-electron chi connectivity index (χ0n) is 17.7. The topological polar surface area (TPSA) is 88.8 Å². The van der Waals surface area contributed by atoms with E-state index < -0.39 is 40.6 Å². The molecule has 0 amide bonds. The first kappa shape index (κ1) is 25.3. The van der Waals surface area contributed by atoms with Crippen LogP contribution in [0.4, 0.5) is 17.6 Å². The van der Waals surface area contributed by atoms with Crippen LogP contribution in [-0.4, -0.2) is 26.9 Å². The Bertz CT molecular complexity index is 1310. The van der Waals surface area contributed by atoms with Crippen molar-refractivity contribution in [1.82, 2.24) is 4.57 Å². The minimum Gasteiger partial charge on any atom is -0.478 e. The van der Waals surface area contributed by atoms with Crippen LogP contribution in [0.25, 0.3) is 0 Å². The third kappa shape index (κ3) is 4.64. The van der Waals surface area contributed by atoms with Crippen molar-refractivity contribution in [3.8, 4) is 11.5 Å². The summed E-state index contributed by atoms with van der Waals surface area (Å²) >= 11 is 6.21. The highest BCUT2D eigenvalue weighted by Gasteiger charge is 2.59. The summed E-state index contributed by atoms with van der Waals surface area (Å²) in [5.74, 6) is -4.25. The molecule has 180 valence electrons. The highest BCUT2D eigenvalue weighted by Crippen LogP contribution is 2.49. The molecule has 0 aliphatic carbocycles. The lowest BCUT2D eigenvalue weighted by molar-refractivity contribution is -0.274. The monoisotopic (exact) mass is 499 g/mol. The number of carboxylic acids is 1. The number of rotatable bonds is 6. The molecule has 3 aromatic rings. The minimum absolute atomic E-state index is 0.0272. The van der Waals surface area contributed by atoms with Gasteiger partial charge >= 0.3 is 12.1 Å². The average Bonchev–Trinajstić information content (AvgIpc) is 2.75.